The predicted octanol–water partition coefficient (Wildman–Crippen LogP) is 1.34. The van der Waals surface area contributed by atoms with Gasteiger partial charge < -0.3 is 15.0 Å². The molecule has 6 heteroatoms. The van der Waals surface area contributed by atoms with Crippen molar-refractivity contribution in [1.82, 2.24) is 10.2 Å². The van der Waals surface area contributed by atoms with E-state index in [-0.39, 0.29) is 29.6 Å². The van der Waals surface area contributed by atoms with Crippen LogP contribution in [-0.4, -0.2) is 48.9 Å². The third kappa shape index (κ3) is 4.94. The maximum atomic E-state index is 12.4. The fraction of sp³-hybridized carbons (Fsp3) is 0.824. The highest BCUT2D eigenvalue weighted by Gasteiger charge is 2.36. The number of hydrogen-bond acceptors (Lipinski definition) is 4. The van der Waals surface area contributed by atoms with Crippen molar-refractivity contribution in [2.24, 2.45) is 17.8 Å². The predicted molar refractivity (Wildman–Crippen MR) is 85.4 cm³/mol. The quantitative estimate of drug-likeness (QED) is 0.748. The second kappa shape index (κ2) is 7.79. The van der Waals surface area contributed by atoms with E-state index in [1.807, 2.05) is 18.7 Å². The lowest BCUT2D eigenvalue weighted by Gasteiger charge is -2.32. The van der Waals surface area contributed by atoms with Gasteiger partial charge in [-0.15, -0.1) is 0 Å². The van der Waals surface area contributed by atoms with Crippen molar-refractivity contribution in [1.29, 1.82) is 0 Å². The number of carbonyl (C=O) groups excluding carboxylic acids is 3. The molecule has 0 aromatic carbocycles. The zero-order valence-electron chi connectivity index (χ0n) is 14.3. The Morgan fingerprint density at radius 1 is 1.09 bits per heavy atom. The monoisotopic (exact) mass is 324 g/mol. The van der Waals surface area contributed by atoms with Gasteiger partial charge in [-0.3, -0.25) is 9.59 Å². The van der Waals surface area contributed by atoms with Crippen LogP contribution in [0.4, 0.5) is 0 Å². The first-order valence-electron chi connectivity index (χ1n) is 8.59. The van der Waals surface area contributed by atoms with Gasteiger partial charge in [0.25, 0.3) is 0 Å². The van der Waals surface area contributed by atoms with Crippen molar-refractivity contribution in [3.05, 3.63) is 0 Å². The van der Waals surface area contributed by atoms with Crippen molar-refractivity contribution >= 4 is 17.8 Å². The first kappa shape index (κ1) is 17.8. The fourth-order valence-corrected chi connectivity index (χ4v) is 3.07. The highest BCUT2D eigenvalue weighted by Crippen LogP contribution is 2.32. The summed E-state index contributed by atoms with van der Waals surface area (Å²) in [6.45, 7) is 5.29. The average molecular weight is 324 g/mol. The number of nitrogens with one attached hydrogen (secondary N) is 1. The van der Waals surface area contributed by atoms with Gasteiger partial charge in [-0.05, 0) is 38.0 Å². The number of piperidine rings is 1. The normalized spacial score (nSPS) is 20.3. The summed E-state index contributed by atoms with van der Waals surface area (Å²) < 4.78 is 4.78. The largest absolute Gasteiger partial charge is 0.467 e. The summed E-state index contributed by atoms with van der Waals surface area (Å²) in [5.41, 5.74) is 0. The van der Waals surface area contributed by atoms with Crippen molar-refractivity contribution in [3.8, 4) is 0 Å². The molecule has 1 aliphatic carbocycles. The summed E-state index contributed by atoms with van der Waals surface area (Å²) in [4.78, 5) is 38.1. The molecule has 1 saturated heterocycles. The summed E-state index contributed by atoms with van der Waals surface area (Å²) in [6.07, 6.45) is 3.92. The molecule has 0 spiro atoms. The molecule has 0 aromatic heterocycles. The topological polar surface area (TPSA) is 75.7 Å². The van der Waals surface area contributed by atoms with Crippen LogP contribution < -0.4 is 5.32 Å². The molecule has 130 valence electrons. The fourth-order valence-electron chi connectivity index (χ4n) is 3.07. The van der Waals surface area contributed by atoms with Gasteiger partial charge in [-0.1, -0.05) is 13.8 Å². The van der Waals surface area contributed by atoms with E-state index in [2.05, 4.69) is 5.32 Å². The van der Waals surface area contributed by atoms with Gasteiger partial charge in [0, 0.05) is 24.9 Å². The number of amides is 2. The van der Waals surface area contributed by atoms with Gasteiger partial charge in [0.05, 0.1) is 7.11 Å². The number of carbonyl (C=O) groups is 3. The highest BCUT2D eigenvalue weighted by molar-refractivity contribution is 5.86. The van der Waals surface area contributed by atoms with Crippen molar-refractivity contribution in [2.45, 2.75) is 52.0 Å². The third-order valence-corrected chi connectivity index (χ3v) is 4.61. The molecule has 6 nitrogen and oxygen atoms in total. The first-order valence-corrected chi connectivity index (χ1v) is 8.59. The Labute approximate surface area is 137 Å². The van der Waals surface area contributed by atoms with Gasteiger partial charge in [-0.2, -0.15) is 0 Å². The van der Waals surface area contributed by atoms with Crippen LogP contribution in [-0.2, 0) is 19.1 Å². The SMILES string of the molecule is COC(=O)[C@@H](CC(C)C)NC(=O)C1CCN(C(=O)C2CC2)CC1. The molecule has 2 rings (SSSR count). The van der Waals surface area contributed by atoms with Crippen LogP contribution in [0.1, 0.15) is 46.0 Å². The molecule has 0 bridgehead atoms. The summed E-state index contributed by atoms with van der Waals surface area (Å²) >= 11 is 0. The standard InChI is InChI=1S/C17H28N2O4/c1-11(2)10-14(17(22)23-3)18-15(20)12-6-8-19(9-7-12)16(21)13-4-5-13/h11-14H,4-10H2,1-3H3,(H,18,20)/t14-/m1/s1. The molecule has 1 heterocycles. The van der Waals surface area contributed by atoms with Gasteiger partial charge in [0.15, 0.2) is 0 Å². The molecule has 2 amide bonds. The number of hydrogen-bond donors (Lipinski definition) is 1. The van der Waals surface area contributed by atoms with Crippen LogP contribution >= 0.6 is 0 Å². The molecule has 2 aliphatic rings. The highest BCUT2D eigenvalue weighted by atomic mass is 16.5. The molecule has 0 aromatic rings. The third-order valence-electron chi connectivity index (χ3n) is 4.61. The number of likely N-dealkylation sites (tertiary alicyclic amines) is 1. The van der Waals surface area contributed by atoms with Crippen molar-refractivity contribution in [3.63, 3.8) is 0 Å². The van der Waals surface area contributed by atoms with Crippen LogP contribution in [0.25, 0.3) is 0 Å². The molecular formula is C17H28N2O4. The van der Waals surface area contributed by atoms with E-state index in [0.29, 0.717) is 32.4 Å². The average Bonchev–Trinajstić information content (AvgIpc) is 3.37. The number of ether oxygens (including phenoxy) is 1. The van der Waals surface area contributed by atoms with Crippen LogP contribution in [0.3, 0.4) is 0 Å². The lowest BCUT2D eigenvalue weighted by Crippen LogP contribution is -2.48. The zero-order valence-corrected chi connectivity index (χ0v) is 14.3. The smallest absolute Gasteiger partial charge is 0.328 e. The van der Waals surface area contributed by atoms with Crippen LogP contribution in [0.15, 0.2) is 0 Å². The van der Waals surface area contributed by atoms with Crippen molar-refractivity contribution in [2.75, 3.05) is 20.2 Å². The number of nitrogens with zero attached hydrogens (tertiary/aromatic N) is 1. The van der Waals surface area contributed by atoms with Gasteiger partial charge >= 0.3 is 5.97 Å². The van der Waals surface area contributed by atoms with E-state index in [1.54, 1.807) is 0 Å². The maximum absolute atomic E-state index is 12.4. The van der Waals surface area contributed by atoms with Crippen LogP contribution in [0.5, 0.6) is 0 Å². The summed E-state index contributed by atoms with van der Waals surface area (Å²) in [6, 6.07) is -0.585. The van der Waals surface area contributed by atoms with E-state index in [0.717, 1.165) is 12.8 Å². The molecule has 1 atom stereocenters. The Kier molecular flexibility index (Phi) is 6.02. The minimum Gasteiger partial charge on any atom is -0.467 e. The number of rotatable bonds is 6. The van der Waals surface area contributed by atoms with E-state index in [1.165, 1.54) is 7.11 Å². The van der Waals surface area contributed by atoms with Crippen molar-refractivity contribution < 1.29 is 19.1 Å². The second-order valence-corrected chi connectivity index (χ2v) is 7.09. The lowest BCUT2D eigenvalue weighted by molar-refractivity contribution is -0.146. The Hall–Kier alpha value is -1.59. The molecule has 1 saturated carbocycles. The zero-order chi connectivity index (χ0) is 17.0. The molecular weight excluding hydrogens is 296 g/mol. The molecule has 0 radical (unpaired) electrons. The Morgan fingerprint density at radius 2 is 1.70 bits per heavy atom. The number of esters is 1. The van der Waals surface area contributed by atoms with Crippen LogP contribution in [0.2, 0.25) is 0 Å². The van der Waals surface area contributed by atoms with Gasteiger partial charge in [-0.25, -0.2) is 4.79 Å². The minimum absolute atomic E-state index is 0.0976. The molecule has 2 fully saturated rings. The van der Waals surface area contributed by atoms with Gasteiger partial charge in [0.2, 0.25) is 11.8 Å². The maximum Gasteiger partial charge on any atom is 0.328 e. The number of methoxy groups -OCH3 is 1. The van der Waals surface area contributed by atoms with Gasteiger partial charge in [0.1, 0.15) is 6.04 Å². The summed E-state index contributed by atoms with van der Waals surface area (Å²) in [7, 11) is 1.34. The summed E-state index contributed by atoms with van der Waals surface area (Å²) in [5, 5.41) is 2.83. The Balaban J connectivity index is 1.82. The van der Waals surface area contributed by atoms with E-state index in [9.17, 15) is 14.4 Å². The minimum atomic E-state index is -0.585. The Bertz CT molecular complexity index is 452. The van der Waals surface area contributed by atoms with E-state index >= 15 is 0 Å². The summed E-state index contributed by atoms with van der Waals surface area (Å²) in [5.74, 6) is 0.147. The van der Waals surface area contributed by atoms with E-state index < -0.39 is 12.0 Å². The lowest BCUT2D eigenvalue weighted by atomic mass is 9.94. The molecule has 1 aliphatic heterocycles. The molecule has 1 N–H and O–H groups in total. The van der Waals surface area contributed by atoms with E-state index in [4.69, 9.17) is 4.74 Å². The molecule has 23 heavy (non-hydrogen) atoms. The molecule has 0 unspecified atom stereocenters. The second-order valence-electron chi connectivity index (χ2n) is 7.09. The van der Waals surface area contributed by atoms with Crippen LogP contribution in [0, 0.1) is 17.8 Å². The first-order chi connectivity index (χ1) is 10.9. The Morgan fingerprint density at radius 3 is 2.17 bits per heavy atom.